The lowest BCUT2D eigenvalue weighted by Gasteiger charge is -2.22. The normalized spacial score (nSPS) is 24.5. The number of ether oxygens (including phenoxy) is 2. The predicted molar refractivity (Wildman–Crippen MR) is 57.7 cm³/mol. The monoisotopic (exact) mass is 215 g/mol. The van der Waals surface area contributed by atoms with Gasteiger partial charge in [0, 0.05) is 6.54 Å². The summed E-state index contributed by atoms with van der Waals surface area (Å²) in [4.78, 5) is 13.0. The minimum absolute atomic E-state index is 0.00320. The summed E-state index contributed by atoms with van der Waals surface area (Å²) >= 11 is 0. The van der Waals surface area contributed by atoms with E-state index >= 15 is 0 Å². The van der Waals surface area contributed by atoms with Crippen molar-refractivity contribution < 1.29 is 14.3 Å². The molecule has 0 aliphatic carbocycles. The van der Waals surface area contributed by atoms with E-state index in [2.05, 4.69) is 18.6 Å². The summed E-state index contributed by atoms with van der Waals surface area (Å²) in [6, 6.07) is 0. The van der Waals surface area contributed by atoms with Crippen molar-refractivity contribution in [2.45, 2.75) is 38.4 Å². The van der Waals surface area contributed by atoms with E-state index in [1.807, 2.05) is 11.9 Å². The maximum absolute atomic E-state index is 11.0. The Hall–Kier alpha value is -0.610. The van der Waals surface area contributed by atoms with Crippen LogP contribution in [0.5, 0.6) is 0 Å². The number of hydrogen-bond acceptors (Lipinski definition) is 4. The first kappa shape index (κ1) is 12.5. The quantitative estimate of drug-likeness (QED) is 0.657. The Labute approximate surface area is 91.5 Å². The smallest absolute Gasteiger partial charge is 0.319 e. The molecule has 0 saturated carbocycles. The van der Waals surface area contributed by atoms with Gasteiger partial charge in [-0.3, -0.25) is 9.69 Å². The Bertz CT molecular complexity index is 228. The second-order valence-corrected chi connectivity index (χ2v) is 4.81. The maximum atomic E-state index is 11.0. The first-order valence-corrected chi connectivity index (χ1v) is 5.36. The summed E-state index contributed by atoms with van der Waals surface area (Å²) in [6.07, 6.45) is 2.40. The Morgan fingerprint density at radius 3 is 2.73 bits per heavy atom. The number of rotatable bonds is 4. The van der Waals surface area contributed by atoms with Gasteiger partial charge in [-0.2, -0.15) is 0 Å². The molecule has 0 amide bonds. The highest BCUT2D eigenvalue weighted by Gasteiger charge is 2.32. The van der Waals surface area contributed by atoms with Gasteiger partial charge in [-0.05, 0) is 33.7 Å². The average Bonchev–Trinajstić information content (AvgIpc) is 2.44. The van der Waals surface area contributed by atoms with E-state index in [9.17, 15) is 4.79 Å². The van der Waals surface area contributed by atoms with Gasteiger partial charge < -0.3 is 9.47 Å². The Kier molecular flexibility index (Phi) is 4.11. The highest BCUT2D eigenvalue weighted by molar-refractivity contribution is 5.71. The highest BCUT2D eigenvalue weighted by Crippen LogP contribution is 2.29. The summed E-state index contributed by atoms with van der Waals surface area (Å²) in [5.41, 5.74) is -0.00320. The average molecular weight is 215 g/mol. The van der Waals surface area contributed by atoms with Gasteiger partial charge in [-0.15, -0.1) is 0 Å². The lowest BCUT2D eigenvalue weighted by molar-refractivity contribution is -0.142. The van der Waals surface area contributed by atoms with E-state index in [4.69, 9.17) is 4.74 Å². The molecule has 0 radical (unpaired) electrons. The molecule has 1 atom stereocenters. The van der Waals surface area contributed by atoms with Crippen LogP contribution < -0.4 is 0 Å². The van der Waals surface area contributed by atoms with Gasteiger partial charge in [-0.1, -0.05) is 0 Å². The number of methoxy groups -OCH3 is 1. The molecule has 0 N–H and O–H groups in total. The maximum Gasteiger partial charge on any atom is 0.319 e. The largest absolute Gasteiger partial charge is 0.468 e. The summed E-state index contributed by atoms with van der Waals surface area (Å²) in [7, 11) is 3.32. The molecule has 1 fully saturated rings. The lowest BCUT2D eigenvalue weighted by atomic mass is 10.1. The molecule has 4 heteroatoms. The first-order chi connectivity index (χ1) is 6.93. The van der Waals surface area contributed by atoms with Crippen LogP contribution >= 0.6 is 0 Å². The van der Waals surface area contributed by atoms with Gasteiger partial charge in [0.25, 0.3) is 0 Å². The number of esters is 1. The Morgan fingerprint density at radius 1 is 1.60 bits per heavy atom. The van der Waals surface area contributed by atoms with Crippen LogP contribution in [0.4, 0.5) is 0 Å². The summed E-state index contributed by atoms with van der Waals surface area (Å²) < 4.78 is 10.4. The van der Waals surface area contributed by atoms with Crippen molar-refractivity contribution in [3.8, 4) is 0 Å². The van der Waals surface area contributed by atoms with Gasteiger partial charge in [0.2, 0.25) is 0 Å². The second-order valence-electron chi connectivity index (χ2n) is 4.81. The number of hydrogen-bond donors (Lipinski definition) is 0. The second kappa shape index (κ2) is 4.94. The molecule has 0 aromatic heterocycles. The summed E-state index contributed by atoms with van der Waals surface area (Å²) in [6.45, 7) is 5.33. The van der Waals surface area contributed by atoms with Crippen LogP contribution in [0.15, 0.2) is 0 Å². The van der Waals surface area contributed by atoms with E-state index in [1.165, 1.54) is 7.11 Å². The van der Waals surface area contributed by atoms with E-state index in [1.54, 1.807) is 0 Å². The Morgan fingerprint density at radius 2 is 2.27 bits per heavy atom. The minimum Gasteiger partial charge on any atom is -0.468 e. The number of carbonyl (C=O) groups excluding carboxylic acids is 1. The van der Waals surface area contributed by atoms with Gasteiger partial charge in [0.15, 0.2) is 0 Å². The molecule has 4 nitrogen and oxygen atoms in total. The molecular formula is C11H21NO3. The summed E-state index contributed by atoms with van der Waals surface area (Å²) in [5, 5.41) is 0. The van der Waals surface area contributed by atoms with E-state index in [0.717, 1.165) is 19.4 Å². The molecule has 1 aliphatic heterocycles. The van der Waals surface area contributed by atoms with Crippen molar-refractivity contribution in [3.63, 3.8) is 0 Å². The van der Waals surface area contributed by atoms with E-state index in [0.29, 0.717) is 6.54 Å². The van der Waals surface area contributed by atoms with Crippen molar-refractivity contribution in [2.24, 2.45) is 0 Å². The molecule has 1 heterocycles. The van der Waals surface area contributed by atoms with Gasteiger partial charge in [0.1, 0.15) is 0 Å². The van der Waals surface area contributed by atoms with Crippen molar-refractivity contribution in [1.82, 2.24) is 4.90 Å². The van der Waals surface area contributed by atoms with Crippen LogP contribution in [-0.4, -0.2) is 49.8 Å². The van der Waals surface area contributed by atoms with Crippen LogP contribution in [0.2, 0.25) is 0 Å². The topological polar surface area (TPSA) is 38.8 Å². The SMILES string of the molecule is COC(=O)CN(C)CC1CCC(C)(C)O1. The predicted octanol–water partition coefficient (Wildman–Crippen LogP) is 1.05. The van der Waals surface area contributed by atoms with E-state index < -0.39 is 0 Å². The first-order valence-electron chi connectivity index (χ1n) is 5.36. The standard InChI is InChI=1S/C11H21NO3/c1-11(2)6-5-9(15-11)7-12(3)8-10(13)14-4/h9H,5-8H2,1-4H3. The molecule has 1 unspecified atom stereocenters. The molecule has 0 spiro atoms. The lowest BCUT2D eigenvalue weighted by Crippen LogP contribution is -2.34. The molecule has 1 saturated heterocycles. The molecule has 0 aromatic rings. The van der Waals surface area contributed by atoms with Gasteiger partial charge in [-0.25, -0.2) is 0 Å². The fraction of sp³-hybridized carbons (Fsp3) is 0.909. The zero-order valence-electron chi connectivity index (χ0n) is 10.1. The number of carbonyl (C=O) groups is 1. The van der Waals surface area contributed by atoms with Crippen LogP contribution in [0.3, 0.4) is 0 Å². The van der Waals surface area contributed by atoms with Crippen LogP contribution in [0, 0.1) is 0 Å². The van der Waals surface area contributed by atoms with Gasteiger partial charge in [0.05, 0.1) is 25.4 Å². The Balaban J connectivity index is 2.27. The number of likely N-dealkylation sites (N-methyl/N-ethyl adjacent to an activating group) is 1. The van der Waals surface area contributed by atoms with Crippen LogP contribution in [-0.2, 0) is 14.3 Å². The molecular weight excluding hydrogens is 194 g/mol. The van der Waals surface area contributed by atoms with Gasteiger partial charge >= 0.3 is 5.97 Å². The zero-order chi connectivity index (χ0) is 11.5. The van der Waals surface area contributed by atoms with Crippen molar-refractivity contribution in [2.75, 3.05) is 27.2 Å². The van der Waals surface area contributed by atoms with Crippen molar-refractivity contribution >= 4 is 5.97 Å². The molecule has 0 aromatic carbocycles. The third kappa shape index (κ3) is 4.18. The molecule has 1 rings (SSSR count). The highest BCUT2D eigenvalue weighted by atomic mass is 16.5. The van der Waals surface area contributed by atoms with Crippen LogP contribution in [0.25, 0.3) is 0 Å². The minimum atomic E-state index is -0.199. The molecule has 1 aliphatic rings. The number of nitrogens with zero attached hydrogens (tertiary/aromatic N) is 1. The third-order valence-electron chi connectivity index (χ3n) is 2.70. The van der Waals surface area contributed by atoms with Crippen molar-refractivity contribution in [1.29, 1.82) is 0 Å². The molecule has 88 valence electrons. The fourth-order valence-electron chi connectivity index (χ4n) is 1.90. The molecule has 15 heavy (non-hydrogen) atoms. The summed E-state index contributed by atoms with van der Waals surface area (Å²) in [5.74, 6) is -0.199. The van der Waals surface area contributed by atoms with Crippen molar-refractivity contribution in [3.05, 3.63) is 0 Å². The van der Waals surface area contributed by atoms with Crippen LogP contribution in [0.1, 0.15) is 26.7 Å². The zero-order valence-corrected chi connectivity index (χ0v) is 10.1. The fourth-order valence-corrected chi connectivity index (χ4v) is 1.90. The third-order valence-corrected chi connectivity index (χ3v) is 2.70. The van der Waals surface area contributed by atoms with E-state index in [-0.39, 0.29) is 17.7 Å². The molecule has 0 bridgehead atoms.